The minimum atomic E-state index is -0.135. The van der Waals surface area contributed by atoms with Crippen LogP contribution in [0.3, 0.4) is 0 Å². The molecule has 0 unspecified atom stereocenters. The first-order valence-electron chi connectivity index (χ1n) is 6.28. The van der Waals surface area contributed by atoms with Crippen molar-refractivity contribution in [3.63, 3.8) is 0 Å². The standard InChI is InChI=1S/C13H17N3O2S.2ClH/c1-2-4-14-5-6-15-12(17)11-9-19-13(16-11)10-3-7-18-8-10;;/h3,7-9,14H,2,4-6H2,1H3,(H,15,17);2*1H. The zero-order chi connectivity index (χ0) is 13.5. The molecule has 0 radical (unpaired) electrons. The number of carbonyl (C=O) groups excluding carboxylic acids is 1. The lowest BCUT2D eigenvalue weighted by Gasteiger charge is -2.04. The molecule has 118 valence electrons. The van der Waals surface area contributed by atoms with Crippen LogP contribution in [0.5, 0.6) is 0 Å². The summed E-state index contributed by atoms with van der Waals surface area (Å²) in [7, 11) is 0. The molecule has 8 heteroatoms. The Balaban J connectivity index is 0.00000200. The molecular weight excluding hydrogens is 333 g/mol. The number of nitrogens with one attached hydrogen (secondary N) is 2. The fraction of sp³-hybridized carbons (Fsp3) is 0.385. The van der Waals surface area contributed by atoms with Gasteiger partial charge in [0.05, 0.1) is 6.26 Å². The lowest BCUT2D eigenvalue weighted by atomic mass is 10.3. The van der Waals surface area contributed by atoms with Gasteiger partial charge in [0.15, 0.2) is 0 Å². The van der Waals surface area contributed by atoms with Gasteiger partial charge in [0, 0.05) is 24.0 Å². The Bertz CT molecular complexity index is 517. The second-order valence-corrected chi connectivity index (χ2v) is 4.91. The van der Waals surface area contributed by atoms with Gasteiger partial charge in [0.1, 0.15) is 17.0 Å². The van der Waals surface area contributed by atoms with Crippen LogP contribution in [0, 0.1) is 0 Å². The van der Waals surface area contributed by atoms with Crippen LogP contribution < -0.4 is 10.6 Å². The second-order valence-electron chi connectivity index (χ2n) is 4.06. The summed E-state index contributed by atoms with van der Waals surface area (Å²) in [5.41, 5.74) is 1.35. The molecule has 0 spiro atoms. The van der Waals surface area contributed by atoms with Gasteiger partial charge in [-0.1, -0.05) is 6.92 Å². The number of hydrogen-bond acceptors (Lipinski definition) is 5. The molecule has 0 saturated carbocycles. The second kappa shape index (κ2) is 10.6. The molecule has 5 nitrogen and oxygen atoms in total. The number of carbonyl (C=O) groups is 1. The van der Waals surface area contributed by atoms with Crippen molar-refractivity contribution in [3.8, 4) is 10.6 Å². The lowest BCUT2D eigenvalue weighted by Crippen LogP contribution is -2.32. The zero-order valence-corrected chi connectivity index (χ0v) is 14.1. The SMILES string of the molecule is CCCNCCNC(=O)c1csc(-c2ccoc2)n1.Cl.Cl. The highest BCUT2D eigenvalue weighted by atomic mass is 35.5. The first-order valence-corrected chi connectivity index (χ1v) is 7.16. The van der Waals surface area contributed by atoms with Crippen LogP contribution in [0.25, 0.3) is 10.6 Å². The maximum Gasteiger partial charge on any atom is 0.270 e. The van der Waals surface area contributed by atoms with Crippen molar-refractivity contribution < 1.29 is 9.21 Å². The van der Waals surface area contributed by atoms with Gasteiger partial charge in [-0.15, -0.1) is 36.2 Å². The Hall–Kier alpha value is -1.08. The lowest BCUT2D eigenvalue weighted by molar-refractivity contribution is 0.0949. The van der Waals surface area contributed by atoms with Crippen molar-refractivity contribution in [2.24, 2.45) is 0 Å². The van der Waals surface area contributed by atoms with Crippen molar-refractivity contribution in [2.45, 2.75) is 13.3 Å². The maximum atomic E-state index is 11.8. The van der Waals surface area contributed by atoms with E-state index < -0.39 is 0 Å². The summed E-state index contributed by atoms with van der Waals surface area (Å²) >= 11 is 1.44. The molecule has 1 amide bonds. The van der Waals surface area contributed by atoms with E-state index in [1.165, 1.54) is 11.3 Å². The van der Waals surface area contributed by atoms with Gasteiger partial charge in [-0.2, -0.15) is 0 Å². The van der Waals surface area contributed by atoms with Gasteiger partial charge in [0.2, 0.25) is 0 Å². The number of aromatic nitrogens is 1. The van der Waals surface area contributed by atoms with E-state index in [2.05, 4.69) is 22.5 Å². The Labute approximate surface area is 140 Å². The first kappa shape index (κ1) is 19.9. The summed E-state index contributed by atoms with van der Waals surface area (Å²) in [6.45, 7) is 4.46. The molecule has 2 aromatic heterocycles. The highest BCUT2D eigenvalue weighted by Gasteiger charge is 2.11. The number of rotatable bonds is 7. The molecule has 0 saturated heterocycles. The fourth-order valence-corrected chi connectivity index (χ4v) is 2.34. The normalized spacial score (nSPS) is 9.57. The van der Waals surface area contributed by atoms with E-state index in [-0.39, 0.29) is 30.7 Å². The van der Waals surface area contributed by atoms with E-state index in [4.69, 9.17) is 4.42 Å². The third-order valence-electron chi connectivity index (χ3n) is 2.52. The van der Waals surface area contributed by atoms with Gasteiger partial charge >= 0.3 is 0 Å². The van der Waals surface area contributed by atoms with Crippen LogP contribution in [0.2, 0.25) is 0 Å². The van der Waals surface area contributed by atoms with Crippen LogP contribution in [-0.2, 0) is 0 Å². The molecule has 2 rings (SSSR count). The molecule has 0 aliphatic heterocycles. The summed E-state index contributed by atoms with van der Waals surface area (Å²) in [5.74, 6) is -0.135. The zero-order valence-electron chi connectivity index (χ0n) is 11.6. The van der Waals surface area contributed by atoms with Crippen LogP contribution in [0.1, 0.15) is 23.8 Å². The molecule has 2 N–H and O–H groups in total. The smallest absolute Gasteiger partial charge is 0.270 e. The summed E-state index contributed by atoms with van der Waals surface area (Å²) in [6, 6.07) is 1.83. The van der Waals surface area contributed by atoms with E-state index in [1.807, 2.05) is 6.07 Å². The van der Waals surface area contributed by atoms with Gasteiger partial charge in [-0.05, 0) is 19.0 Å². The first-order chi connectivity index (χ1) is 9.31. The van der Waals surface area contributed by atoms with Crippen molar-refractivity contribution in [1.82, 2.24) is 15.6 Å². The van der Waals surface area contributed by atoms with Crippen molar-refractivity contribution in [3.05, 3.63) is 29.7 Å². The van der Waals surface area contributed by atoms with E-state index in [0.29, 0.717) is 12.2 Å². The number of furan rings is 1. The third-order valence-corrected chi connectivity index (χ3v) is 3.41. The Morgan fingerprint density at radius 1 is 1.33 bits per heavy atom. The van der Waals surface area contributed by atoms with Gasteiger partial charge in [-0.3, -0.25) is 4.79 Å². The molecule has 0 bridgehead atoms. The molecule has 0 aliphatic carbocycles. The predicted octanol–water partition coefficient (Wildman–Crippen LogP) is 2.98. The summed E-state index contributed by atoms with van der Waals surface area (Å²) in [4.78, 5) is 16.1. The summed E-state index contributed by atoms with van der Waals surface area (Å²) < 4.78 is 5.00. The average molecular weight is 352 g/mol. The highest BCUT2D eigenvalue weighted by molar-refractivity contribution is 7.13. The molecule has 2 heterocycles. The minimum absolute atomic E-state index is 0. The average Bonchev–Trinajstić information content (AvgIpc) is 3.08. The van der Waals surface area contributed by atoms with Gasteiger partial charge in [-0.25, -0.2) is 4.98 Å². The molecule has 0 aromatic carbocycles. The van der Waals surface area contributed by atoms with Gasteiger partial charge < -0.3 is 15.1 Å². The van der Waals surface area contributed by atoms with Crippen LogP contribution >= 0.6 is 36.2 Å². The number of hydrogen-bond donors (Lipinski definition) is 2. The van der Waals surface area contributed by atoms with Crippen LogP contribution in [0.4, 0.5) is 0 Å². The number of halogens is 2. The third kappa shape index (κ3) is 6.05. The maximum absolute atomic E-state index is 11.8. The Kier molecular flexibility index (Phi) is 10.1. The molecule has 21 heavy (non-hydrogen) atoms. The van der Waals surface area contributed by atoms with E-state index in [9.17, 15) is 4.79 Å². The predicted molar refractivity (Wildman–Crippen MR) is 89.8 cm³/mol. The van der Waals surface area contributed by atoms with Crippen molar-refractivity contribution in [1.29, 1.82) is 0 Å². The molecule has 0 atom stereocenters. The molecule has 0 aliphatic rings. The fourth-order valence-electron chi connectivity index (χ4n) is 1.55. The van der Waals surface area contributed by atoms with E-state index in [0.717, 1.165) is 30.1 Å². The van der Waals surface area contributed by atoms with Crippen LogP contribution in [0.15, 0.2) is 28.4 Å². The molecule has 2 aromatic rings. The number of amides is 1. The molecule has 0 fully saturated rings. The Morgan fingerprint density at radius 2 is 2.14 bits per heavy atom. The monoisotopic (exact) mass is 351 g/mol. The largest absolute Gasteiger partial charge is 0.472 e. The highest BCUT2D eigenvalue weighted by Crippen LogP contribution is 2.23. The van der Waals surface area contributed by atoms with Crippen LogP contribution in [-0.4, -0.2) is 30.5 Å². The van der Waals surface area contributed by atoms with Gasteiger partial charge in [0.25, 0.3) is 5.91 Å². The summed E-state index contributed by atoms with van der Waals surface area (Å²) in [5, 5.41) is 8.62. The quantitative estimate of drug-likeness (QED) is 0.752. The summed E-state index contributed by atoms with van der Waals surface area (Å²) in [6.07, 6.45) is 4.30. The minimum Gasteiger partial charge on any atom is -0.472 e. The van der Waals surface area contributed by atoms with Crippen molar-refractivity contribution in [2.75, 3.05) is 19.6 Å². The number of nitrogens with zero attached hydrogens (tertiary/aromatic N) is 1. The Morgan fingerprint density at radius 3 is 2.81 bits per heavy atom. The van der Waals surface area contributed by atoms with E-state index in [1.54, 1.807) is 17.9 Å². The topological polar surface area (TPSA) is 67.2 Å². The number of thiazole rings is 1. The van der Waals surface area contributed by atoms with Crippen molar-refractivity contribution >= 4 is 42.1 Å². The van der Waals surface area contributed by atoms with E-state index >= 15 is 0 Å². The molecular formula is C13H19Cl2N3O2S.